The molecule has 4 rings (SSSR count). The molecule has 3 aromatic rings. The maximum atomic E-state index is 12.6. The molecule has 0 bridgehead atoms. The fourth-order valence-corrected chi connectivity index (χ4v) is 4.00. The topological polar surface area (TPSA) is 79.3 Å². The van der Waals surface area contributed by atoms with Crippen molar-refractivity contribution in [1.29, 1.82) is 0 Å². The minimum absolute atomic E-state index is 0.0963. The zero-order valence-corrected chi connectivity index (χ0v) is 18.5. The molecule has 1 saturated heterocycles. The average Bonchev–Trinajstić information content (AvgIpc) is 3.13. The third kappa shape index (κ3) is 5.23. The van der Waals surface area contributed by atoms with E-state index in [1.807, 2.05) is 38.2 Å². The number of carbonyl (C=O) groups excluding carboxylic acids is 2. The summed E-state index contributed by atoms with van der Waals surface area (Å²) in [6.45, 7) is 4.25. The predicted octanol–water partition coefficient (Wildman–Crippen LogP) is 2.40. The molecule has 0 radical (unpaired) electrons. The van der Waals surface area contributed by atoms with Crippen LogP contribution in [-0.2, 0) is 29.7 Å². The molecule has 7 nitrogen and oxygen atoms in total. The number of hydrogen-bond donors (Lipinski definition) is 2. The summed E-state index contributed by atoms with van der Waals surface area (Å²) in [5.74, 6) is -0.249. The minimum Gasteiger partial charge on any atom is -0.353 e. The van der Waals surface area contributed by atoms with Gasteiger partial charge in [-0.3, -0.25) is 19.2 Å². The molecule has 2 amide bonds. The molecule has 1 atom stereocenters. The first-order valence-corrected chi connectivity index (χ1v) is 10.9. The lowest BCUT2D eigenvalue weighted by atomic mass is 10.0. The smallest absolute Gasteiger partial charge is 0.237 e. The van der Waals surface area contributed by atoms with E-state index in [9.17, 15) is 9.59 Å². The summed E-state index contributed by atoms with van der Waals surface area (Å²) >= 11 is 0. The number of nitrogens with zero attached hydrogens (tertiary/aromatic N) is 3. The largest absolute Gasteiger partial charge is 0.353 e. The van der Waals surface area contributed by atoms with E-state index in [1.54, 1.807) is 4.68 Å². The third-order valence-corrected chi connectivity index (χ3v) is 5.90. The van der Waals surface area contributed by atoms with E-state index in [1.165, 1.54) is 5.56 Å². The monoisotopic (exact) mass is 431 g/mol. The number of hydrogen-bond acceptors (Lipinski definition) is 4. The summed E-state index contributed by atoms with van der Waals surface area (Å²) in [6.07, 6.45) is 0.125. The standard InChI is InChI=1S/C25H29N5O2/c1-18-14-22(28-29(18)2)16-27-24(31)15-23-25(32)26-12-13-30(23)17-19-8-10-21(11-9-19)20-6-4-3-5-7-20/h3-11,14,23H,12-13,15-17H2,1-2H3,(H,26,32)(H,27,31)/t23-/m1/s1. The van der Waals surface area contributed by atoms with Crippen molar-refractivity contribution in [1.82, 2.24) is 25.3 Å². The summed E-state index contributed by atoms with van der Waals surface area (Å²) in [5, 5.41) is 10.1. The Bertz CT molecular complexity index is 1060. The Morgan fingerprint density at radius 1 is 1.12 bits per heavy atom. The second kappa shape index (κ2) is 9.78. The van der Waals surface area contributed by atoms with Crippen LogP contribution in [0.1, 0.15) is 23.4 Å². The second-order valence-corrected chi connectivity index (χ2v) is 8.22. The Balaban J connectivity index is 1.37. The summed E-state index contributed by atoms with van der Waals surface area (Å²) in [5.41, 5.74) is 5.29. The first-order chi connectivity index (χ1) is 15.5. The molecule has 1 fully saturated rings. The highest BCUT2D eigenvalue weighted by Crippen LogP contribution is 2.21. The zero-order valence-electron chi connectivity index (χ0n) is 18.5. The normalized spacial score (nSPS) is 16.6. The molecule has 0 saturated carbocycles. The van der Waals surface area contributed by atoms with Crippen LogP contribution in [0.15, 0.2) is 60.7 Å². The maximum absolute atomic E-state index is 12.6. The van der Waals surface area contributed by atoms with Crippen molar-refractivity contribution in [2.24, 2.45) is 7.05 Å². The highest BCUT2D eigenvalue weighted by molar-refractivity contribution is 5.88. The van der Waals surface area contributed by atoms with Gasteiger partial charge in [0.25, 0.3) is 0 Å². The van der Waals surface area contributed by atoms with Gasteiger partial charge in [-0.1, -0.05) is 54.6 Å². The molecule has 1 aromatic heterocycles. The summed E-state index contributed by atoms with van der Waals surface area (Å²) in [6, 6.07) is 20.1. The number of aromatic nitrogens is 2. The van der Waals surface area contributed by atoms with E-state index in [2.05, 4.69) is 57.0 Å². The molecule has 0 unspecified atom stereocenters. The van der Waals surface area contributed by atoms with Crippen molar-refractivity contribution < 1.29 is 9.59 Å². The first kappa shape index (κ1) is 21.8. The van der Waals surface area contributed by atoms with Gasteiger partial charge in [-0.05, 0) is 29.7 Å². The molecular formula is C25H29N5O2. The molecule has 166 valence electrons. The van der Waals surface area contributed by atoms with Crippen LogP contribution in [0.5, 0.6) is 0 Å². The first-order valence-electron chi connectivity index (χ1n) is 10.9. The SMILES string of the molecule is Cc1cc(CNC(=O)C[C@@H]2C(=O)NCCN2Cc2ccc(-c3ccccc3)cc2)nn1C. The van der Waals surface area contributed by atoms with Crippen LogP contribution in [0, 0.1) is 6.92 Å². The highest BCUT2D eigenvalue weighted by Gasteiger charge is 2.31. The van der Waals surface area contributed by atoms with Crippen LogP contribution in [-0.4, -0.2) is 45.6 Å². The maximum Gasteiger partial charge on any atom is 0.237 e. The molecule has 32 heavy (non-hydrogen) atoms. The van der Waals surface area contributed by atoms with Gasteiger partial charge in [-0.2, -0.15) is 5.10 Å². The van der Waals surface area contributed by atoms with Crippen LogP contribution in [0.3, 0.4) is 0 Å². The molecule has 0 aliphatic carbocycles. The minimum atomic E-state index is -0.483. The number of amides is 2. The Labute approximate surface area is 188 Å². The number of rotatable bonds is 7. The number of carbonyl (C=O) groups is 2. The van der Waals surface area contributed by atoms with Crippen molar-refractivity contribution in [3.63, 3.8) is 0 Å². The van der Waals surface area contributed by atoms with E-state index in [0.29, 0.717) is 26.2 Å². The van der Waals surface area contributed by atoms with E-state index >= 15 is 0 Å². The molecule has 1 aliphatic rings. The molecule has 2 aromatic carbocycles. The van der Waals surface area contributed by atoms with Crippen molar-refractivity contribution in [3.05, 3.63) is 77.6 Å². The van der Waals surface area contributed by atoms with Gasteiger partial charge in [0.1, 0.15) is 0 Å². The average molecular weight is 432 g/mol. The highest BCUT2D eigenvalue weighted by atomic mass is 16.2. The predicted molar refractivity (Wildman–Crippen MR) is 123 cm³/mol. The van der Waals surface area contributed by atoms with E-state index < -0.39 is 6.04 Å². The van der Waals surface area contributed by atoms with Gasteiger partial charge in [0.05, 0.1) is 24.7 Å². The van der Waals surface area contributed by atoms with Crippen LogP contribution in [0.2, 0.25) is 0 Å². The molecule has 2 heterocycles. The lowest BCUT2D eigenvalue weighted by molar-refractivity contribution is -0.134. The van der Waals surface area contributed by atoms with Crippen LogP contribution in [0.25, 0.3) is 11.1 Å². The fraction of sp³-hybridized carbons (Fsp3) is 0.320. The van der Waals surface area contributed by atoms with Crippen molar-refractivity contribution >= 4 is 11.8 Å². The quantitative estimate of drug-likeness (QED) is 0.602. The van der Waals surface area contributed by atoms with Crippen LogP contribution in [0.4, 0.5) is 0 Å². The fourth-order valence-electron chi connectivity index (χ4n) is 4.00. The Morgan fingerprint density at radius 2 is 1.84 bits per heavy atom. The Kier molecular flexibility index (Phi) is 6.66. The summed E-state index contributed by atoms with van der Waals surface area (Å²) < 4.78 is 1.78. The molecule has 7 heteroatoms. The number of nitrogens with one attached hydrogen (secondary N) is 2. The third-order valence-electron chi connectivity index (χ3n) is 5.90. The Hall–Kier alpha value is -3.45. The molecular weight excluding hydrogens is 402 g/mol. The van der Waals surface area contributed by atoms with Crippen molar-refractivity contribution in [2.75, 3.05) is 13.1 Å². The number of aryl methyl sites for hydroxylation is 2. The van der Waals surface area contributed by atoms with Crippen molar-refractivity contribution in [2.45, 2.75) is 32.5 Å². The number of piperazine rings is 1. The van der Waals surface area contributed by atoms with E-state index in [4.69, 9.17) is 0 Å². The second-order valence-electron chi connectivity index (χ2n) is 8.22. The molecule has 0 spiro atoms. The van der Waals surface area contributed by atoms with Gasteiger partial charge in [-0.25, -0.2) is 0 Å². The molecule has 1 aliphatic heterocycles. The van der Waals surface area contributed by atoms with Crippen molar-refractivity contribution in [3.8, 4) is 11.1 Å². The van der Waals surface area contributed by atoms with E-state index in [0.717, 1.165) is 22.5 Å². The molecule has 2 N–H and O–H groups in total. The lowest BCUT2D eigenvalue weighted by Crippen LogP contribution is -2.56. The van der Waals surface area contributed by atoms with Gasteiger partial charge in [0, 0.05) is 32.4 Å². The lowest BCUT2D eigenvalue weighted by Gasteiger charge is -2.34. The Morgan fingerprint density at radius 3 is 2.53 bits per heavy atom. The van der Waals surface area contributed by atoms with Crippen LogP contribution >= 0.6 is 0 Å². The van der Waals surface area contributed by atoms with E-state index in [-0.39, 0.29) is 18.2 Å². The van der Waals surface area contributed by atoms with Gasteiger partial charge in [-0.15, -0.1) is 0 Å². The van der Waals surface area contributed by atoms with Gasteiger partial charge in [0.15, 0.2) is 0 Å². The number of benzene rings is 2. The van der Waals surface area contributed by atoms with Gasteiger partial charge >= 0.3 is 0 Å². The van der Waals surface area contributed by atoms with Crippen LogP contribution < -0.4 is 10.6 Å². The van der Waals surface area contributed by atoms with Gasteiger partial charge < -0.3 is 10.6 Å². The zero-order chi connectivity index (χ0) is 22.5. The van der Waals surface area contributed by atoms with Gasteiger partial charge in [0.2, 0.25) is 11.8 Å². The summed E-state index contributed by atoms with van der Waals surface area (Å²) in [4.78, 5) is 27.2. The summed E-state index contributed by atoms with van der Waals surface area (Å²) in [7, 11) is 1.87.